The summed E-state index contributed by atoms with van der Waals surface area (Å²) in [5.74, 6) is 0.565. The van der Waals surface area contributed by atoms with Crippen molar-refractivity contribution < 1.29 is 13.9 Å². The Labute approximate surface area is 206 Å². The molecule has 0 atom stereocenters. The van der Waals surface area contributed by atoms with Crippen LogP contribution in [0.3, 0.4) is 0 Å². The Morgan fingerprint density at radius 1 is 1.00 bits per heavy atom. The molecule has 0 aliphatic carbocycles. The molecule has 6 heteroatoms. The van der Waals surface area contributed by atoms with E-state index in [-0.39, 0.29) is 0 Å². The van der Waals surface area contributed by atoms with E-state index < -0.39 is 0 Å². The molecule has 3 aromatic rings. The average molecular weight is 482 g/mol. The number of nitrogens with zero attached hydrogens (tertiary/aromatic N) is 1. The number of fused-ring (bicyclic) bond motifs is 1. The molecule has 2 aromatic heterocycles. The Morgan fingerprint density at radius 2 is 1.73 bits per heavy atom. The van der Waals surface area contributed by atoms with Crippen LogP contribution < -0.4 is 4.74 Å². The van der Waals surface area contributed by atoms with E-state index in [0.717, 1.165) is 42.2 Å². The number of hydrogen-bond donors (Lipinski definition) is 0. The Kier molecular flexibility index (Phi) is 9.58. The lowest BCUT2D eigenvalue weighted by Crippen LogP contribution is -2.00. The molecule has 0 aliphatic heterocycles. The molecule has 0 N–H and O–H groups in total. The zero-order chi connectivity index (χ0) is 23.6. The molecule has 0 unspecified atom stereocenters. The van der Waals surface area contributed by atoms with Crippen molar-refractivity contribution in [3.05, 3.63) is 65.0 Å². The molecule has 174 valence electrons. The molecule has 4 nitrogen and oxygen atoms in total. The van der Waals surface area contributed by atoms with E-state index in [4.69, 9.17) is 38.3 Å². The number of pyridine rings is 1. The van der Waals surface area contributed by atoms with Crippen molar-refractivity contribution in [3.8, 4) is 17.0 Å². The molecule has 0 amide bonds. The highest BCUT2D eigenvalue weighted by Crippen LogP contribution is 2.30. The lowest BCUT2D eigenvalue weighted by atomic mass is 10.00. The summed E-state index contributed by atoms with van der Waals surface area (Å²) in [6, 6.07) is 10.2. The normalized spacial score (nSPS) is 10.8. The van der Waals surface area contributed by atoms with Crippen LogP contribution in [-0.4, -0.2) is 23.2 Å². The number of aromatic nitrogens is 1. The van der Waals surface area contributed by atoms with Crippen LogP contribution in [0.2, 0.25) is 0 Å². The van der Waals surface area contributed by atoms with Gasteiger partial charge in [-0.3, -0.25) is 0 Å². The third kappa shape index (κ3) is 7.47. The van der Waals surface area contributed by atoms with Crippen LogP contribution in [0.1, 0.15) is 49.7 Å². The Morgan fingerprint density at radius 3 is 2.45 bits per heavy atom. The van der Waals surface area contributed by atoms with E-state index in [1.54, 1.807) is 12.3 Å². The summed E-state index contributed by atoms with van der Waals surface area (Å²) in [4.78, 5) is 4.45. The summed E-state index contributed by atoms with van der Waals surface area (Å²) in [5.41, 5.74) is 5.09. The zero-order valence-electron chi connectivity index (χ0n) is 19.4. The first-order chi connectivity index (χ1) is 16.0. The second-order valence-electron chi connectivity index (χ2n) is 8.17. The molecular formula is C27H31NO3S2. The van der Waals surface area contributed by atoms with Gasteiger partial charge < -0.3 is 13.9 Å². The number of aryl methyl sites for hydroxylation is 2. The average Bonchev–Trinajstić information content (AvgIpc) is 2.80. The maximum absolute atomic E-state index is 5.96. The number of hydrogen-bond acceptors (Lipinski definition) is 6. The fourth-order valence-corrected chi connectivity index (χ4v) is 4.04. The van der Waals surface area contributed by atoms with Crippen molar-refractivity contribution >= 4 is 40.5 Å². The molecular weight excluding hydrogens is 450 g/mol. The lowest BCUT2D eigenvalue weighted by Gasteiger charge is -2.09. The first kappa shape index (κ1) is 25.1. The van der Waals surface area contributed by atoms with Crippen molar-refractivity contribution in [3.63, 3.8) is 0 Å². The van der Waals surface area contributed by atoms with E-state index in [1.165, 1.54) is 24.0 Å². The van der Waals surface area contributed by atoms with E-state index in [9.17, 15) is 0 Å². The topological polar surface area (TPSA) is 44.5 Å². The van der Waals surface area contributed by atoms with E-state index in [1.807, 2.05) is 12.1 Å². The maximum Gasteiger partial charge on any atom is 0.216 e. The molecule has 0 saturated carbocycles. The summed E-state index contributed by atoms with van der Waals surface area (Å²) < 4.78 is 17.6. The highest BCUT2D eigenvalue weighted by atomic mass is 32.1. The minimum atomic E-state index is 0.475. The predicted molar refractivity (Wildman–Crippen MR) is 142 cm³/mol. The summed E-state index contributed by atoms with van der Waals surface area (Å²) in [7, 11) is 0. The van der Waals surface area contributed by atoms with Gasteiger partial charge in [-0.2, -0.15) is 0 Å². The number of ether oxygens (including phenoxy) is 2. The van der Waals surface area contributed by atoms with Gasteiger partial charge in [0.1, 0.15) is 5.58 Å². The van der Waals surface area contributed by atoms with Crippen molar-refractivity contribution in [1.29, 1.82) is 0 Å². The fourth-order valence-electron chi connectivity index (χ4n) is 3.70. The minimum Gasteiger partial charge on any atom is -0.483 e. The monoisotopic (exact) mass is 481 g/mol. The molecule has 3 rings (SSSR count). The second-order valence-corrected chi connectivity index (χ2v) is 8.94. The Bertz CT molecular complexity index is 1170. The minimum absolute atomic E-state index is 0.475. The van der Waals surface area contributed by atoms with Gasteiger partial charge in [-0.05, 0) is 74.4 Å². The predicted octanol–water partition coefficient (Wildman–Crippen LogP) is 8.09. The zero-order valence-corrected chi connectivity index (χ0v) is 21.0. The first-order valence-electron chi connectivity index (χ1n) is 11.4. The Hall–Kier alpha value is -2.57. The van der Waals surface area contributed by atoms with Crippen LogP contribution in [0.15, 0.2) is 53.6 Å². The highest BCUT2D eigenvalue weighted by molar-refractivity contribution is 7.80. The smallest absolute Gasteiger partial charge is 0.216 e. The van der Waals surface area contributed by atoms with Crippen LogP contribution >= 0.6 is 24.4 Å². The van der Waals surface area contributed by atoms with Gasteiger partial charge >= 0.3 is 0 Å². The summed E-state index contributed by atoms with van der Waals surface area (Å²) in [5, 5.41) is 1.39. The van der Waals surface area contributed by atoms with Gasteiger partial charge in [-0.25, -0.2) is 4.98 Å². The number of unbranched alkanes of at least 4 members (excludes halogenated alkanes) is 5. The van der Waals surface area contributed by atoms with Crippen molar-refractivity contribution in [2.24, 2.45) is 0 Å². The third-order valence-electron chi connectivity index (χ3n) is 5.46. The van der Waals surface area contributed by atoms with Crippen LogP contribution in [0.25, 0.3) is 22.1 Å². The molecule has 1 aromatic carbocycles. The van der Waals surface area contributed by atoms with Crippen LogP contribution in [0.5, 0.6) is 5.88 Å². The maximum atomic E-state index is 5.96. The summed E-state index contributed by atoms with van der Waals surface area (Å²) >= 11 is 10.5. The van der Waals surface area contributed by atoms with Gasteiger partial charge in [0.2, 0.25) is 5.88 Å². The number of benzene rings is 1. The molecule has 0 spiro atoms. The standard InChI is InChI=1S/C27H31NO3S2/c1-4-26(32)30-14-10-8-6-5-7-9-13-29-25-17-24-21(18-28-25)16-23(27(33)31-24)22-12-11-19(2)15-20(22)3/h4,11-12,15-18H,1,5-10,13-14H2,2-3H3. The van der Waals surface area contributed by atoms with E-state index >= 15 is 0 Å². The number of rotatable bonds is 12. The van der Waals surface area contributed by atoms with E-state index in [2.05, 4.69) is 43.6 Å². The molecule has 0 bridgehead atoms. The lowest BCUT2D eigenvalue weighted by molar-refractivity contribution is 0.289. The molecule has 0 saturated heterocycles. The Balaban J connectivity index is 1.46. The third-order valence-corrected chi connectivity index (χ3v) is 6.05. The summed E-state index contributed by atoms with van der Waals surface area (Å²) in [6.07, 6.45) is 9.99. The highest BCUT2D eigenvalue weighted by Gasteiger charge is 2.09. The van der Waals surface area contributed by atoms with Gasteiger partial charge in [0.25, 0.3) is 0 Å². The molecule has 0 fully saturated rings. The molecule has 0 aliphatic rings. The van der Waals surface area contributed by atoms with Crippen LogP contribution in [-0.2, 0) is 4.74 Å². The van der Waals surface area contributed by atoms with Crippen molar-refractivity contribution in [2.75, 3.05) is 13.2 Å². The first-order valence-corrected chi connectivity index (χ1v) is 12.2. The van der Waals surface area contributed by atoms with Gasteiger partial charge in [0.15, 0.2) is 9.76 Å². The second kappa shape index (κ2) is 12.6. The van der Waals surface area contributed by atoms with Crippen molar-refractivity contribution in [2.45, 2.75) is 52.4 Å². The number of thiocarbonyl (C=S) groups is 1. The fraction of sp³-hybridized carbons (Fsp3) is 0.370. The molecule has 33 heavy (non-hydrogen) atoms. The van der Waals surface area contributed by atoms with Gasteiger partial charge in [-0.1, -0.05) is 56.0 Å². The largest absolute Gasteiger partial charge is 0.483 e. The van der Waals surface area contributed by atoms with Crippen molar-refractivity contribution in [1.82, 2.24) is 4.98 Å². The molecule has 2 heterocycles. The van der Waals surface area contributed by atoms with Gasteiger partial charge in [0.05, 0.1) is 13.2 Å². The van der Waals surface area contributed by atoms with Crippen LogP contribution in [0.4, 0.5) is 0 Å². The van der Waals surface area contributed by atoms with E-state index in [0.29, 0.717) is 34.4 Å². The van der Waals surface area contributed by atoms with Crippen LogP contribution in [0, 0.1) is 18.6 Å². The van der Waals surface area contributed by atoms with Gasteiger partial charge in [0, 0.05) is 23.2 Å². The molecule has 0 radical (unpaired) electrons. The SMILES string of the molecule is C=CC(=S)OCCCCCCCCOc1cc2oc(=S)c(-c3ccc(C)cc3C)cc2cn1. The summed E-state index contributed by atoms with van der Waals surface area (Å²) in [6.45, 7) is 9.06. The van der Waals surface area contributed by atoms with Gasteiger partial charge in [-0.15, -0.1) is 0 Å². The quantitative estimate of drug-likeness (QED) is 0.148.